The van der Waals surface area contributed by atoms with Crippen LogP contribution in [-0.2, 0) is 14.3 Å². The fourth-order valence-electron chi connectivity index (χ4n) is 3.19. The second-order valence-electron chi connectivity index (χ2n) is 5.98. The van der Waals surface area contributed by atoms with Crippen LogP contribution in [0.5, 0.6) is 0 Å². The van der Waals surface area contributed by atoms with Crippen LogP contribution in [0.15, 0.2) is 30.0 Å². The fraction of sp³-hybridized carbons (Fsp3) is 0.412. The van der Waals surface area contributed by atoms with Gasteiger partial charge in [0.25, 0.3) is 17.5 Å². The molecule has 0 N–H and O–H groups in total. The van der Waals surface area contributed by atoms with Gasteiger partial charge in [-0.15, -0.1) is 0 Å². The zero-order valence-corrected chi connectivity index (χ0v) is 13.9. The average molecular weight is 345 g/mol. The number of likely N-dealkylation sites (tertiary alicyclic amines) is 1. The highest BCUT2D eigenvalue weighted by atomic mass is 16.6. The molecule has 1 fully saturated rings. The van der Waals surface area contributed by atoms with Crippen LogP contribution in [0.2, 0.25) is 0 Å². The molecule has 0 radical (unpaired) electrons. The quantitative estimate of drug-likeness (QED) is 0.440. The molecule has 8 heteroatoms. The molecule has 1 saturated heterocycles. The predicted molar refractivity (Wildman–Crippen MR) is 89.4 cm³/mol. The van der Waals surface area contributed by atoms with E-state index in [9.17, 15) is 19.7 Å². The minimum atomic E-state index is -0.494. The lowest BCUT2D eigenvalue weighted by molar-refractivity contribution is -0.384. The standard InChI is InChI=1S/C17H19N3O5/c1-25-11-10-19-16(21)14(12-4-6-13(7-5-12)20(23)24)15(17(19)22)18-8-2-3-9-18/h4-7H,2-3,8-11H2,1H3. The maximum absolute atomic E-state index is 12.8. The minimum absolute atomic E-state index is 0.0555. The topological polar surface area (TPSA) is 93.0 Å². The highest BCUT2D eigenvalue weighted by Gasteiger charge is 2.41. The summed E-state index contributed by atoms with van der Waals surface area (Å²) < 4.78 is 4.99. The van der Waals surface area contributed by atoms with Crippen molar-refractivity contribution in [3.05, 3.63) is 45.6 Å². The summed E-state index contributed by atoms with van der Waals surface area (Å²) in [5.41, 5.74) is 1.18. The number of methoxy groups -OCH3 is 1. The molecule has 0 aliphatic carbocycles. The Morgan fingerprint density at radius 1 is 1.12 bits per heavy atom. The van der Waals surface area contributed by atoms with Crippen LogP contribution < -0.4 is 0 Å². The third-order valence-electron chi connectivity index (χ3n) is 4.45. The molecule has 0 atom stereocenters. The Morgan fingerprint density at radius 3 is 2.32 bits per heavy atom. The van der Waals surface area contributed by atoms with Crippen molar-refractivity contribution in [2.24, 2.45) is 0 Å². The lowest BCUT2D eigenvalue weighted by atomic mass is 10.0. The van der Waals surface area contributed by atoms with E-state index in [0.29, 0.717) is 16.8 Å². The predicted octanol–water partition coefficient (Wildman–Crippen LogP) is 1.42. The lowest BCUT2D eigenvalue weighted by Crippen LogP contribution is -2.36. The summed E-state index contributed by atoms with van der Waals surface area (Å²) in [4.78, 5) is 39.1. The molecule has 0 bridgehead atoms. The number of nitrogens with zero attached hydrogens (tertiary/aromatic N) is 3. The highest BCUT2D eigenvalue weighted by molar-refractivity contribution is 6.35. The molecule has 132 valence electrons. The number of non-ortho nitro benzene ring substituents is 1. The number of carbonyl (C=O) groups is 2. The number of imide groups is 1. The van der Waals surface area contributed by atoms with Gasteiger partial charge in [0, 0.05) is 32.3 Å². The van der Waals surface area contributed by atoms with E-state index in [-0.39, 0.29) is 30.7 Å². The molecule has 3 rings (SSSR count). The van der Waals surface area contributed by atoms with Crippen molar-refractivity contribution in [3.63, 3.8) is 0 Å². The first kappa shape index (κ1) is 17.1. The fourth-order valence-corrected chi connectivity index (χ4v) is 3.19. The van der Waals surface area contributed by atoms with Crippen LogP contribution in [0, 0.1) is 10.1 Å². The summed E-state index contributed by atoms with van der Waals surface area (Å²) in [6.45, 7) is 1.90. The summed E-state index contributed by atoms with van der Waals surface area (Å²) in [5, 5.41) is 10.8. The summed E-state index contributed by atoms with van der Waals surface area (Å²) in [6, 6.07) is 5.74. The molecule has 1 aromatic carbocycles. The van der Waals surface area contributed by atoms with Gasteiger partial charge in [0.15, 0.2) is 0 Å². The number of nitro groups is 1. The maximum Gasteiger partial charge on any atom is 0.277 e. The summed E-state index contributed by atoms with van der Waals surface area (Å²) in [6.07, 6.45) is 1.94. The third kappa shape index (κ3) is 3.12. The van der Waals surface area contributed by atoms with E-state index >= 15 is 0 Å². The number of nitro benzene ring substituents is 1. The van der Waals surface area contributed by atoms with Crippen molar-refractivity contribution >= 4 is 23.1 Å². The zero-order chi connectivity index (χ0) is 18.0. The third-order valence-corrected chi connectivity index (χ3v) is 4.45. The van der Waals surface area contributed by atoms with Gasteiger partial charge in [0.05, 0.1) is 23.6 Å². The van der Waals surface area contributed by atoms with E-state index in [4.69, 9.17) is 4.74 Å². The molecular weight excluding hydrogens is 326 g/mol. The molecule has 2 amide bonds. The number of benzene rings is 1. The second-order valence-corrected chi connectivity index (χ2v) is 5.98. The second kappa shape index (κ2) is 7.02. The van der Waals surface area contributed by atoms with Crippen molar-refractivity contribution < 1.29 is 19.2 Å². The van der Waals surface area contributed by atoms with Gasteiger partial charge in [-0.3, -0.25) is 24.6 Å². The normalized spacial score (nSPS) is 17.8. The number of rotatable bonds is 6. The first-order valence-corrected chi connectivity index (χ1v) is 8.13. The van der Waals surface area contributed by atoms with Crippen LogP contribution in [0.1, 0.15) is 18.4 Å². The Hall–Kier alpha value is -2.74. The molecule has 0 unspecified atom stereocenters. The Kier molecular flexibility index (Phi) is 4.80. The van der Waals surface area contributed by atoms with E-state index in [1.165, 1.54) is 36.3 Å². The molecule has 0 saturated carbocycles. The van der Waals surface area contributed by atoms with Gasteiger partial charge in [-0.2, -0.15) is 0 Å². The van der Waals surface area contributed by atoms with Crippen LogP contribution in [0.4, 0.5) is 5.69 Å². The van der Waals surface area contributed by atoms with Crippen molar-refractivity contribution in [3.8, 4) is 0 Å². The molecule has 2 aliphatic rings. The monoisotopic (exact) mass is 345 g/mol. The number of hydrogen-bond donors (Lipinski definition) is 0. The molecule has 1 aromatic rings. The first-order valence-electron chi connectivity index (χ1n) is 8.13. The van der Waals surface area contributed by atoms with E-state index in [0.717, 1.165) is 25.9 Å². The number of carbonyl (C=O) groups excluding carboxylic acids is 2. The molecule has 2 heterocycles. The molecular formula is C17H19N3O5. The molecule has 8 nitrogen and oxygen atoms in total. The average Bonchev–Trinajstić information content (AvgIpc) is 3.20. The van der Waals surface area contributed by atoms with Gasteiger partial charge in [0.1, 0.15) is 5.70 Å². The Bertz CT molecular complexity index is 735. The number of ether oxygens (including phenoxy) is 1. The smallest absolute Gasteiger partial charge is 0.277 e. The van der Waals surface area contributed by atoms with E-state index in [1.54, 1.807) is 0 Å². The van der Waals surface area contributed by atoms with E-state index in [1.807, 2.05) is 4.90 Å². The Labute approximate surface area is 144 Å². The maximum atomic E-state index is 12.8. The van der Waals surface area contributed by atoms with Gasteiger partial charge >= 0.3 is 0 Å². The summed E-state index contributed by atoms with van der Waals surface area (Å²) >= 11 is 0. The Morgan fingerprint density at radius 2 is 1.76 bits per heavy atom. The SMILES string of the molecule is COCCN1C(=O)C(c2ccc([N+](=O)[O-])cc2)=C(N2CCCC2)C1=O. The van der Waals surface area contributed by atoms with Gasteiger partial charge in [-0.1, -0.05) is 0 Å². The van der Waals surface area contributed by atoms with Crippen LogP contribution in [0.25, 0.3) is 5.57 Å². The first-order chi connectivity index (χ1) is 12.0. The lowest BCUT2D eigenvalue weighted by Gasteiger charge is -2.20. The number of hydrogen-bond acceptors (Lipinski definition) is 6. The molecule has 0 spiro atoms. The molecule has 2 aliphatic heterocycles. The van der Waals surface area contributed by atoms with E-state index < -0.39 is 4.92 Å². The Balaban J connectivity index is 2.01. The van der Waals surface area contributed by atoms with Crippen molar-refractivity contribution in [1.29, 1.82) is 0 Å². The summed E-state index contributed by atoms with van der Waals surface area (Å²) in [7, 11) is 1.51. The largest absolute Gasteiger partial charge is 0.383 e. The minimum Gasteiger partial charge on any atom is -0.383 e. The van der Waals surface area contributed by atoms with E-state index in [2.05, 4.69) is 0 Å². The van der Waals surface area contributed by atoms with Crippen molar-refractivity contribution in [1.82, 2.24) is 9.80 Å². The van der Waals surface area contributed by atoms with Gasteiger partial charge in [0.2, 0.25) is 0 Å². The van der Waals surface area contributed by atoms with Crippen LogP contribution in [0.3, 0.4) is 0 Å². The van der Waals surface area contributed by atoms with Gasteiger partial charge < -0.3 is 9.64 Å². The van der Waals surface area contributed by atoms with Gasteiger partial charge in [-0.25, -0.2) is 0 Å². The highest BCUT2D eigenvalue weighted by Crippen LogP contribution is 2.33. The molecule has 25 heavy (non-hydrogen) atoms. The van der Waals surface area contributed by atoms with Crippen LogP contribution in [-0.4, -0.2) is 59.9 Å². The molecule has 0 aromatic heterocycles. The van der Waals surface area contributed by atoms with Crippen molar-refractivity contribution in [2.75, 3.05) is 33.4 Å². The van der Waals surface area contributed by atoms with Crippen molar-refractivity contribution in [2.45, 2.75) is 12.8 Å². The zero-order valence-electron chi connectivity index (χ0n) is 13.9. The van der Waals surface area contributed by atoms with Crippen LogP contribution >= 0.6 is 0 Å². The number of amides is 2. The summed E-state index contributed by atoms with van der Waals surface area (Å²) in [5.74, 6) is -0.699. The van der Waals surface area contributed by atoms with Gasteiger partial charge in [-0.05, 0) is 30.5 Å².